The van der Waals surface area contributed by atoms with Crippen LogP contribution in [0.15, 0.2) is 24.3 Å². The van der Waals surface area contributed by atoms with Crippen LogP contribution in [0.25, 0.3) is 0 Å². The number of aliphatic hydroxyl groups is 1. The first-order chi connectivity index (χ1) is 13.0. The van der Waals surface area contributed by atoms with Crippen molar-refractivity contribution in [1.29, 1.82) is 0 Å². The van der Waals surface area contributed by atoms with E-state index < -0.39 is 6.10 Å². The van der Waals surface area contributed by atoms with Crippen molar-refractivity contribution >= 4 is 0 Å². The summed E-state index contributed by atoms with van der Waals surface area (Å²) in [6, 6.07) is 4.59. The highest BCUT2D eigenvalue weighted by Crippen LogP contribution is 2.62. The molecule has 1 spiro atoms. The monoisotopic (exact) mass is 371 g/mol. The van der Waals surface area contributed by atoms with Crippen molar-refractivity contribution in [1.82, 2.24) is 4.90 Å². The maximum Gasteiger partial charge on any atom is 0.207 e. The molecule has 5 heteroatoms. The van der Waals surface area contributed by atoms with E-state index in [2.05, 4.69) is 37.9 Å². The van der Waals surface area contributed by atoms with E-state index in [1.54, 1.807) is 0 Å². The lowest BCUT2D eigenvalue weighted by atomic mass is 9.53. The number of ether oxygens (including phenoxy) is 1. The number of likely N-dealkylation sites (N-methyl/N-ethyl adjacent to an activating group) is 1. The van der Waals surface area contributed by atoms with Crippen LogP contribution in [0.2, 0.25) is 0 Å². The van der Waals surface area contributed by atoms with Crippen molar-refractivity contribution in [2.45, 2.75) is 56.8 Å². The molecular formula is C22H29NO4. The second kappa shape index (κ2) is 6.23. The van der Waals surface area contributed by atoms with Crippen molar-refractivity contribution in [2.75, 3.05) is 20.2 Å². The fourth-order valence-corrected chi connectivity index (χ4v) is 5.68. The number of rotatable bonds is 5. The SMILES string of the molecule is CC(C)CCOOc1ccc2c3c1O[C@H]1[C@@H](O)C=C[C@H]4[C@@H](C2)N(C)CC[C@@]341. The van der Waals surface area contributed by atoms with Gasteiger partial charge in [-0.25, -0.2) is 0 Å². The van der Waals surface area contributed by atoms with Gasteiger partial charge in [0, 0.05) is 22.9 Å². The molecule has 1 aromatic carbocycles. The largest absolute Gasteiger partial charge is 0.482 e. The molecule has 27 heavy (non-hydrogen) atoms. The molecule has 1 aromatic rings. The molecule has 0 unspecified atom stereocenters. The summed E-state index contributed by atoms with van der Waals surface area (Å²) in [5, 5.41) is 10.7. The fourth-order valence-electron chi connectivity index (χ4n) is 5.68. The van der Waals surface area contributed by atoms with Gasteiger partial charge in [0.1, 0.15) is 12.2 Å². The second-order valence-corrected chi connectivity index (χ2v) is 9.00. The van der Waals surface area contributed by atoms with E-state index >= 15 is 0 Å². The summed E-state index contributed by atoms with van der Waals surface area (Å²) in [5.41, 5.74) is 2.44. The Morgan fingerprint density at radius 3 is 3.00 bits per heavy atom. The molecule has 2 aliphatic carbocycles. The van der Waals surface area contributed by atoms with Gasteiger partial charge in [-0.1, -0.05) is 32.1 Å². The summed E-state index contributed by atoms with van der Waals surface area (Å²) in [4.78, 5) is 13.6. The van der Waals surface area contributed by atoms with Crippen LogP contribution >= 0.6 is 0 Å². The molecule has 146 valence electrons. The molecular weight excluding hydrogens is 342 g/mol. The van der Waals surface area contributed by atoms with Crippen LogP contribution in [0.4, 0.5) is 0 Å². The Labute approximate surface area is 160 Å². The summed E-state index contributed by atoms with van der Waals surface area (Å²) in [6.45, 7) is 5.92. The van der Waals surface area contributed by atoms with Crippen LogP contribution in [0.3, 0.4) is 0 Å². The van der Waals surface area contributed by atoms with Gasteiger partial charge in [0.15, 0.2) is 5.75 Å². The second-order valence-electron chi connectivity index (χ2n) is 9.00. The zero-order valence-electron chi connectivity index (χ0n) is 16.4. The maximum atomic E-state index is 10.7. The minimum atomic E-state index is -0.585. The van der Waals surface area contributed by atoms with Gasteiger partial charge >= 0.3 is 0 Å². The van der Waals surface area contributed by atoms with E-state index in [0.29, 0.717) is 30.2 Å². The molecule has 2 heterocycles. The Balaban J connectivity index is 1.54. The predicted molar refractivity (Wildman–Crippen MR) is 102 cm³/mol. The highest BCUT2D eigenvalue weighted by atomic mass is 17.2. The highest BCUT2D eigenvalue weighted by molar-refractivity contribution is 5.62. The molecule has 0 aromatic heterocycles. The molecule has 1 fully saturated rings. The van der Waals surface area contributed by atoms with Crippen LogP contribution in [0.5, 0.6) is 11.5 Å². The minimum Gasteiger partial charge on any atom is -0.482 e. The number of hydrogen-bond acceptors (Lipinski definition) is 5. The maximum absolute atomic E-state index is 10.7. The summed E-state index contributed by atoms with van der Waals surface area (Å²) in [5.74, 6) is 2.38. The summed E-state index contributed by atoms with van der Waals surface area (Å²) in [7, 11) is 2.22. The van der Waals surface area contributed by atoms with Crippen LogP contribution in [0, 0.1) is 11.8 Å². The molecule has 1 saturated heterocycles. The summed E-state index contributed by atoms with van der Waals surface area (Å²) >= 11 is 0. The minimum absolute atomic E-state index is 0.147. The lowest BCUT2D eigenvalue weighted by molar-refractivity contribution is -0.209. The zero-order valence-corrected chi connectivity index (χ0v) is 16.4. The quantitative estimate of drug-likeness (QED) is 0.373. The van der Waals surface area contributed by atoms with Gasteiger partial charge < -0.3 is 19.6 Å². The topological polar surface area (TPSA) is 51.2 Å². The number of piperidine rings is 1. The summed E-state index contributed by atoms with van der Waals surface area (Å²) in [6.07, 6.45) is 6.29. The van der Waals surface area contributed by atoms with Gasteiger partial charge in [-0.3, -0.25) is 0 Å². The summed E-state index contributed by atoms with van der Waals surface area (Å²) < 4.78 is 6.41. The van der Waals surface area contributed by atoms with Gasteiger partial charge in [0.05, 0.1) is 6.61 Å². The lowest BCUT2D eigenvalue weighted by Crippen LogP contribution is -2.64. The van der Waals surface area contributed by atoms with E-state index in [1.807, 2.05) is 12.1 Å². The Kier molecular flexibility index (Phi) is 4.04. The van der Waals surface area contributed by atoms with E-state index in [1.165, 1.54) is 11.1 Å². The third-order valence-electron chi connectivity index (χ3n) is 7.06. The predicted octanol–water partition coefficient (Wildman–Crippen LogP) is 2.85. The molecule has 2 bridgehead atoms. The number of benzene rings is 1. The van der Waals surface area contributed by atoms with Gasteiger partial charge in [0.25, 0.3) is 0 Å². The standard InChI is InChI=1S/C22H29NO4/c1-13(2)8-11-25-27-18-7-4-14-12-16-15-5-6-17(24)21-22(15,9-10-23(16)3)19(14)20(18)26-21/h4-7,13,15-17,21,24H,8-12H2,1-3H3/t15-,16+,17-,21-,22-/m0/s1. The normalized spacial score (nSPS) is 35.9. The van der Waals surface area contributed by atoms with Crippen molar-refractivity contribution in [2.24, 2.45) is 11.8 Å². The molecule has 5 atom stereocenters. The molecule has 0 radical (unpaired) electrons. The zero-order chi connectivity index (χ0) is 18.8. The molecule has 0 saturated carbocycles. The van der Waals surface area contributed by atoms with Gasteiger partial charge in [-0.05, 0) is 50.4 Å². The van der Waals surface area contributed by atoms with E-state index in [0.717, 1.165) is 31.6 Å². The molecule has 5 nitrogen and oxygen atoms in total. The van der Waals surface area contributed by atoms with Crippen molar-refractivity contribution in [3.05, 3.63) is 35.4 Å². The molecule has 4 aliphatic rings. The third-order valence-corrected chi connectivity index (χ3v) is 7.06. The van der Waals surface area contributed by atoms with E-state index in [9.17, 15) is 5.11 Å². The fraction of sp³-hybridized carbons (Fsp3) is 0.636. The number of aliphatic hydroxyl groups excluding tert-OH is 1. The Morgan fingerprint density at radius 1 is 1.33 bits per heavy atom. The first-order valence-electron chi connectivity index (χ1n) is 10.2. The highest BCUT2D eigenvalue weighted by Gasteiger charge is 2.64. The van der Waals surface area contributed by atoms with Gasteiger partial charge in [-0.15, -0.1) is 0 Å². The van der Waals surface area contributed by atoms with Crippen molar-refractivity contribution in [3.8, 4) is 11.5 Å². The number of likely N-dealkylation sites (tertiary alicyclic amines) is 1. The van der Waals surface area contributed by atoms with Crippen molar-refractivity contribution in [3.63, 3.8) is 0 Å². The number of hydrogen-bond donors (Lipinski definition) is 1. The van der Waals surface area contributed by atoms with Crippen LogP contribution < -0.4 is 9.62 Å². The van der Waals surface area contributed by atoms with E-state index in [4.69, 9.17) is 14.5 Å². The lowest BCUT2D eigenvalue weighted by Gasteiger charge is -2.56. The smallest absolute Gasteiger partial charge is 0.207 e. The van der Waals surface area contributed by atoms with Gasteiger partial charge in [0.2, 0.25) is 5.75 Å². The third kappa shape index (κ3) is 2.41. The van der Waals surface area contributed by atoms with Crippen LogP contribution in [-0.4, -0.2) is 48.5 Å². The first-order valence-corrected chi connectivity index (χ1v) is 10.2. The number of nitrogens with zero attached hydrogens (tertiary/aromatic N) is 1. The van der Waals surface area contributed by atoms with E-state index in [-0.39, 0.29) is 11.5 Å². The van der Waals surface area contributed by atoms with Crippen LogP contribution in [0.1, 0.15) is 37.8 Å². The Hall–Kier alpha value is -1.56. The van der Waals surface area contributed by atoms with Gasteiger partial charge in [-0.2, -0.15) is 4.89 Å². The molecule has 5 rings (SSSR count). The van der Waals surface area contributed by atoms with Crippen LogP contribution in [-0.2, 0) is 16.7 Å². The Morgan fingerprint density at radius 2 is 2.19 bits per heavy atom. The molecule has 2 aliphatic heterocycles. The first kappa shape index (κ1) is 17.5. The molecule has 0 amide bonds. The Bertz CT molecular complexity index is 776. The average Bonchev–Trinajstić information content (AvgIpc) is 2.99. The van der Waals surface area contributed by atoms with Crippen molar-refractivity contribution < 1.29 is 19.6 Å². The average molecular weight is 371 g/mol. The molecule has 1 N–H and O–H groups in total.